The smallest absolute Gasteiger partial charge is 0.131 e. The van der Waals surface area contributed by atoms with Crippen LogP contribution >= 0.6 is 23.2 Å². The summed E-state index contributed by atoms with van der Waals surface area (Å²) in [6.07, 6.45) is 5.26. The Kier molecular flexibility index (Phi) is 7.38. The summed E-state index contributed by atoms with van der Waals surface area (Å²) >= 11 is 12.8. The number of fused-ring (bicyclic) bond motifs is 1. The van der Waals surface area contributed by atoms with Crippen molar-refractivity contribution < 1.29 is 8.78 Å². The minimum Gasteiger partial charge on any atom is -0.295 e. The molecule has 0 unspecified atom stereocenters. The van der Waals surface area contributed by atoms with Gasteiger partial charge in [0.2, 0.25) is 0 Å². The Hall–Kier alpha value is -2.46. The largest absolute Gasteiger partial charge is 0.295 e. The Labute approximate surface area is 215 Å². The normalized spacial score (nSPS) is 16.1. The number of halogens is 4. The molecular formula is C30H27Cl2F2N. The zero-order valence-corrected chi connectivity index (χ0v) is 21.0. The number of alkyl halides is 1. The van der Waals surface area contributed by atoms with E-state index < -0.39 is 0 Å². The van der Waals surface area contributed by atoms with Gasteiger partial charge in [0.1, 0.15) is 5.82 Å². The minimum absolute atomic E-state index is 0.243. The van der Waals surface area contributed by atoms with Crippen molar-refractivity contribution in [2.45, 2.75) is 25.7 Å². The third kappa shape index (κ3) is 5.23. The van der Waals surface area contributed by atoms with Crippen LogP contribution in [0.25, 0.3) is 17.2 Å². The summed E-state index contributed by atoms with van der Waals surface area (Å²) < 4.78 is 27.8. The van der Waals surface area contributed by atoms with Crippen molar-refractivity contribution in [2.75, 3.05) is 26.3 Å². The van der Waals surface area contributed by atoms with E-state index in [4.69, 9.17) is 23.2 Å². The standard InChI is InChI=1S/C30H27Cl2F2N/c31-24-11-12-26(28(32)17-24)27-8-3-6-21-5-1-2-7-25(21)30(27)23-10-9-22(29(34)16-23)15-20-18-35(19-20)14-4-13-33/h1-2,5,7,9-12,15-17H,3-4,6,8,13-14,18-19H2. The lowest BCUT2D eigenvalue weighted by molar-refractivity contribution is 0.239. The van der Waals surface area contributed by atoms with Gasteiger partial charge in [-0.05, 0) is 82.9 Å². The van der Waals surface area contributed by atoms with Crippen molar-refractivity contribution in [3.05, 3.63) is 110 Å². The summed E-state index contributed by atoms with van der Waals surface area (Å²) in [7, 11) is 0. The van der Waals surface area contributed by atoms with Gasteiger partial charge < -0.3 is 0 Å². The molecule has 5 rings (SSSR count). The molecule has 1 saturated heterocycles. The number of aryl methyl sites for hydroxylation is 1. The van der Waals surface area contributed by atoms with Gasteiger partial charge in [-0.25, -0.2) is 4.39 Å². The Morgan fingerprint density at radius 3 is 2.51 bits per heavy atom. The predicted molar refractivity (Wildman–Crippen MR) is 143 cm³/mol. The highest BCUT2D eigenvalue weighted by atomic mass is 35.5. The van der Waals surface area contributed by atoms with Crippen molar-refractivity contribution in [1.82, 2.24) is 4.90 Å². The van der Waals surface area contributed by atoms with Gasteiger partial charge in [-0.2, -0.15) is 0 Å². The number of nitrogens with zero attached hydrogens (tertiary/aromatic N) is 1. The zero-order valence-electron chi connectivity index (χ0n) is 19.5. The molecule has 180 valence electrons. The second-order valence-electron chi connectivity index (χ2n) is 9.28. The van der Waals surface area contributed by atoms with Crippen LogP contribution in [0.3, 0.4) is 0 Å². The molecule has 0 saturated carbocycles. The van der Waals surface area contributed by atoms with E-state index >= 15 is 4.39 Å². The van der Waals surface area contributed by atoms with Gasteiger partial charge in [0.15, 0.2) is 0 Å². The number of likely N-dealkylation sites (tertiary alicyclic amines) is 1. The second kappa shape index (κ2) is 10.7. The lowest BCUT2D eigenvalue weighted by atomic mass is 9.87. The summed E-state index contributed by atoms with van der Waals surface area (Å²) in [5.74, 6) is -0.243. The van der Waals surface area contributed by atoms with Crippen molar-refractivity contribution >= 4 is 40.4 Å². The van der Waals surface area contributed by atoms with Crippen molar-refractivity contribution in [2.24, 2.45) is 0 Å². The van der Waals surface area contributed by atoms with Crippen molar-refractivity contribution in [3.63, 3.8) is 0 Å². The van der Waals surface area contributed by atoms with Gasteiger partial charge in [0.25, 0.3) is 0 Å². The molecule has 35 heavy (non-hydrogen) atoms. The average Bonchev–Trinajstić information content (AvgIpc) is 3.01. The van der Waals surface area contributed by atoms with Gasteiger partial charge in [0.05, 0.1) is 6.67 Å². The molecule has 0 atom stereocenters. The molecule has 2 aliphatic rings. The maximum atomic E-state index is 15.4. The maximum absolute atomic E-state index is 15.4. The molecule has 1 fully saturated rings. The Morgan fingerprint density at radius 2 is 1.74 bits per heavy atom. The number of allylic oxidation sites excluding steroid dienone is 1. The zero-order chi connectivity index (χ0) is 24.4. The molecule has 0 bridgehead atoms. The van der Waals surface area contributed by atoms with Gasteiger partial charge in [-0.1, -0.05) is 71.7 Å². The second-order valence-corrected chi connectivity index (χ2v) is 10.1. The topological polar surface area (TPSA) is 3.24 Å². The maximum Gasteiger partial charge on any atom is 0.131 e. The lowest BCUT2D eigenvalue weighted by Crippen LogP contribution is -2.40. The van der Waals surface area contributed by atoms with Gasteiger partial charge in [-0.3, -0.25) is 9.29 Å². The fourth-order valence-corrected chi connectivity index (χ4v) is 5.66. The molecular weight excluding hydrogens is 483 g/mol. The average molecular weight is 510 g/mol. The SMILES string of the molecule is FCCCN1CC(=Cc2ccc(C3=C(c4ccc(Cl)cc4Cl)CCCc4ccccc43)cc2F)C1. The Morgan fingerprint density at radius 1 is 0.914 bits per heavy atom. The fraction of sp³-hybridized carbons (Fsp3) is 0.267. The first-order chi connectivity index (χ1) is 17.0. The molecule has 1 aliphatic carbocycles. The van der Waals surface area contributed by atoms with Gasteiger partial charge in [0, 0.05) is 35.2 Å². The van der Waals surface area contributed by atoms with E-state index in [1.807, 2.05) is 36.4 Å². The van der Waals surface area contributed by atoms with E-state index in [2.05, 4.69) is 23.1 Å². The van der Waals surface area contributed by atoms with Crippen LogP contribution < -0.4 is 0 Å². The van der Waals surface area contributed by atoms with Crippen LogP contribution in [0.5, 0.6) is 0 Å². The molecule has 3 aromatic rings. The van der Waals surface area contributed by atoms with E-state index in [1.54, 1.807) is 12.1 Å². The summed E-state index contributed by atoms with van der Waals surface area (Å²) in [6.45, 7) is 2.00. The third-order valence-electron chi connectivity index (χ3n) is 6.83. The summed E-state index contributed by atoms with van der Waals surface area (Å²) in [5, 5.41) is 1.20. The van der Waals surface area contributed by atoms with E-state index in [0.717, 1.165) is 66.7 Å². The van der Waals surface area contributed by atoms with E-state index in [1.165, 1.54) is 11.1 Å². The van der Waals surface area contributed by atoms with Crippen LogP contribution in [0.2, 0.25) is 10.0 Å². The monoisotopic (exact) mass is 509 g/mol. The number of hydrogen-bond acceptors (Lipinski definition) is 1. The Bertz CT molecular complexity index is 1300. The summed E-state index contributed by atoms with van der Waals surface area (Å²) in [5.41, 5.74) is 8.07. The molecule has 0 radical (unpaired) electrons. The van der Waals surface area contributed by atoms with Crippen LogP contribution in [0.1, 0.15) is 47.1 Å². The van der Waals surface area contributed by atoms with Crippen LogP contribution in [0.15, 0.2) is 66.2 Å². The van der Waals surface area contributed by atoms with Crippen LogP contribution in [0.4, 0.5) is 8.78 Å². The molecule has 0 aromatic heterocycles. The summed E-state index contributed by atoms with van der Waals surface area (Å²) in [4.78, 5) is 2.17. The molecule has 3 aromatic carbocycles. The first-order valence-corrected chi connectivity index (χ1v) is 12.8. The van der Waals surface area contributed by atoms with Gasteiger partial charge >= 0.3 is 0 Å². The highest BCUT2D eigenvalue weighted by molar-refractivity contribution is 6.36. The third-order valence-corrected chi connectivity index (χ3v) is 7.38. The number of benzene rings is 3. The number of rotatable bonds is 6. The predicted octanol–water partition coefficient (Wildman–Crippen LogP) is 8.49. The van der Waals surface area contributed by atoms with Crippen molar-refractivity contribution in [3.8, 4) is 0 Å². The molecule has 1 heterocycles. The van der Waals surface area contributed by atoms with Crippen molar-refractivity contribution in [1.29, 1.82) is 0 Å². The quantitative estimate of drug-likeness (QED) is 0.322. The first-order valence-electron chi connectivity index (χ1n) is 12.1. The van der Waals surface area contributed by atoms with E-state index in [9.17, 15) is 4.39 Å². The highest BCUT2D eigenvalue weighted by Crippen LogP contribution is 2.42. The first kappa shape index (κ1) is 24.2. The van der Waals surface area contributed by atoms with E-state index in [0.29, 0.717) is 22.0 Å². The minimum atomic E-state index is -0.298. The number of hydrogen-bond donors (Lipinski definition) is 0. The fourth-order valence-electron chi connectivity index (χ4n) is 5.14. The molecule has 0 amide bonds. The van der Waals surface area contributed by atoms with Crippen LogP contribution in [0, 0.1) is 5.82 Å². The molecule has 0 N–H and O–H groups in total. The highest BCUT2D eigenvalue weighted by Gasteiger charge is 2.23. The lowest BCUT2D eigenvalue weighted by Gasteiger charge is -2.33. The molecule has 5 heteroatoms. The van der Waals surface area contributed by atoms with E-state index in [-0.39, 0.29) is 12.5 Å². The molecule has 1 nitrogen and oxygen atoms in total. The van der Waals surface area contributed by atoms with Gasteiger partial charge in [-0.15, -0.1) is 0 Å². The Balaban J connectivity index is 1.56. The van der Waals surface area contributed by atoms with Crippen LogP contribution in [-0.4, -0.2) is 31.2 Å². The molecule has 1 aliphatic heterocycles. The molecule has 0 spiro atoms. The van der Waals surface area contributed by atoms with Crippen LogP contribution in [-0.2, 0) is 6.42 Å². The summed E-state index contributed by atoms with van der Waals surface area (Å²) in [6, 6.07) is 19.5.